The minimum Gasteiger partial charge on any atom is -0.489 e. The molecule has 43 heavy (non-hydrogen) atoms. The summed E-state index contributed by atoms with van der Waals surface area (Å²) in [6.07, 6.45) is 7.01. The number of hydrogen-bond acceptors (Lipinski definition) is 9. The van der Waals surface area contributed by atoms with Crippen LogP contribution in [0.4, 0.5) is 19.6 Å². The maximum Gasteiger partial charge on any atom is 0.319 e. The summed E-state index contributed by atoms with van der Waals surface area (Å²) in [4.78, 5) is 14.0. The van der Waals surface area contributed by atoms with Gasteiger partial charge in [-0.1, -0.05) is 30.5 Å². The number of fused-ring (bicyclic) bond motifs is 2. The number of halogens is 3. The fourth-order valence-corrected chi connectivity index (χ4v) is 8.13. The number of aromatic nitrogens is 2. The molecule has 3 aliphatic heterocycles. The van der Waals surface area contributed by atoms with Crippen molar-refractivity contribution >= 4 is 54.7 Å². The number of hydrogen-bond donors (Lipinski definition) is 1. The van der Waals surface area contributed by atoms with Gasteiger partial charge in [-0.3, -0.25) is 4.90 Å². The Morgan fingerprint density at radius 3 is 2.70 bits per heavy atom. The van der Waals surface area contributed by atoms with E-state index in [4.69, 9.17) is 31.8 Å². The summed E-state index contributed by atoms with van der Waals surface area (Å²) in [5, 5.41) is 10.6. The molecule has 1 fully saturated rings. The predicted octanol–water partition coefficient (Wildman–Crippen LogP) is 6.90. The fraction of sp³-hybridized carbons (Fsp3) is 0.452. The van der Waals surface area contributed by atoms with Crippen LogP contribution in [0.5, 0.6) is 11.8 Å². The number of nitrogen functional groups attached to an aromatic ring is 1. The highest BCUT2D eigenvalue weighted by Gasteiger charge is 2.34. The molecule has 7 rings (SSSR count). The predicted molar refractivity (Wildman–Crippen MR) is 165 cm³/mol. The van der Waals surface area contributed by atoms with Gasteiger partial charge in [0, 0.05) is 23.5 Å². The molecule has 0 aliphatic carbocycles. The first-order chi connectivity index (χ1) is 20.9. The number of rotatable bonds is 2. The zero-order valence-electron chi connectivity index (χ0n) is 23.8. The number of benzene rings is 2. The summed E-state index contributed by atoms with van der Waals surface area (Å²) in [6, 6.07) is 5.05. The lowest BCUT2D eigenvalue weighted by Crippen LogP contribution is -2.40. The van der Waals surface area contributed by atoms with Crippen LogP contribution in [0.3, 0.4) is 0 Å². The van der Waals surface area contributed by atoms with Crippen molar-refractivity contribution in [3.05, 3.63) is 34.4 Å². The van der Waals surface area contributed by atoms with Crippen molar-refractivity contribution < 1.29 is 18.3 Å². The normalized spacial score (nSPS) is 21.2. The maximum atomic E-state index is 17.0. The summed E-state index contributed by atoms with van der Waals surface area (Å²) in [5.41, 5.74) is 6.39. The number of nitrogens with zero attached hydrogens (tertiary/aromatic N) is 5. The third kappa shape index (κ3) is 4.71. The van der Waals surface area contributed by atoms with Gasteiger partial charge in [-0.15, -0.1) is 11.3 Å². The van der Waals surface area contributed by atoms with Crippen molar-refractivity contribution in [2.45, 2.75) is 57.1 Å². The Balaban J connectivity index is 1.49. The minimum atomic E-state index is -0.717. The summed E-state index contributed by atoms with van der Waals surface area (Å²) >= 11 is 7.92. The zero-order chi connectivity index (χ0) is 29.8. The molecule has 8 nitrogen and oxygen atoms in total. The summed E-state index contributed by atoms with van der Waals surface area (Å²) in [5.74, 6) is -0.481. The van der Waals surface area contributed by atoms with Crippen molar-refractivity contribution in [1.82, 2.24) is 14.9 Å². The highest BCUT2D eigenvalue weighted by Crippen LogP contribution is 2.50. The van der Waals surface area contributed by atoms with Gasteiger partial charge in [-0.25, -0.2) is 8.78 Å². The Labute approximate surface area is 257 Å². The van der Waals surface area contributed by atoms with E-state index < -0.39 is 11.6 Å². The third-order valence-corrected chi connectivity index (χ3v) is 10.4. The lowest BCUT2D eigenvalue weighted by Gasteiger charge is -2.30. The van der Waals surface area contributed by atoms with E-state index in [1.54, 1.807) is 0 Å². The smallest absolute Gasteiger partial charge is 0.319 e. The molecule has 0 spiro atoms. The van der Waals surface area contributed by atoms with Gasteiger partial charge in [-0.2, -0.15) is 15.2 Å². The average molecular weight is 625 g/mol. The van der Waals surface area contributed by atoms with Crippen molar-refractivity contribution in [2.75, 3.05) is 43.9 Å². The van der Waals surface area contributed by atoms with Gasteiger partial charge in [0.25, 0.3) is 0 Å². The first kappa shape index (κ1) is 28.3. The molecule has 3 aliphatic rings. The van der Waals surface area contributed by atoms with E-state index in [-0.39, 0.29) is 66.2 Å². The first-order valence-corrected chi connectivity index (χ1v) is 15.9. The maximum absolute atomic E-state index is 17.0. The molecular weight excluding hydrogens is 594 g/mol. The van der Waals surface area contributed by atoms with Gasteiger partial charge < -0.3 is 20.1 Å². The van der Waals surface area contributed by atoms with Gasteiger partial charge >= 0.3 is 6.01 Å². The lowest BCUT2D eigenvalue weighted by atomic mass is 9.96. The monoisotopic (exact) mass is 624 g/mol. The van der Waals surface area contributed by atoms with Crippen LogP contribution in [0.25, 0.3) is 32.1 Å². The molecule has 5 heterocycles. The standard InChI is InChI=1S/C31H31ClF2N6O2S/c1-39-11-6-7-19(39)20-8-4-2-3-5-12-40-13-14-41-27-23-26(37-31(42-20)38-30(23)40)25(34)22(24(27)32)16-9-10-18(33)28-21(16)17(15-35)29(36)43-28/h9-10,19-20H,2-8,11-14,36H2,1H3/t19-,20?/m0/s1. The largest absolute Gasteiger partial charge is 0.489 e. The Morgan fingerprint density at radius 2 is 1.91 bits per heavy atom. The Morgan fingerprint density at radius 1 is 1.07 bits per heavy atom. The van der Waals surface area contributed by atoms with E-state index in [1.807, 2.05) is 0 Å². The number of anilines is 2. The lowest BCUT2D eigenvalue weighted by molar-refractivity contribution is 0.0883. The molecule has 224 valence electrons. The molecule has 2 aromatic carbocycles. The van der Waals surface area contributed by atoms with Crippen LogP contribution in [-0.2, 0) is 0 Å². The first-order valence-electron chi connectivity index (χ1n) is 14.8. The van der Waals surface area contributed by atoms with E-state index in [0.29, 0.717) is 24.4 Å². The number of ether oxygens (including phenoxy) is 2. The molecule has 0 radical (unpaired) electrons. The van der Waals surface area contributed by atoms with E-state index in [9.17, 15) is 9.65 Å². The molecule has 2 bridgehead atoms. The van der Waals surface area contributed by atoms with E-state index in [1.165, 1.54) is 12.1 Å². The number of likely N-dealkylation sites (tertiary alicyclic amines) is 1. The Kier molecular flexibility index (Phi) is 7.40. The molecule has 1 unspecified atom stereocenters. The van der Waals surface area contributed by atoms with Crippen LogP contribution >= 0.6 is 22.9 Å². The molecule has 2 N–H and O–H groups in total. The Hall–Kier alpha value is -3.46. The number of likely N-dealkylation sites (N-methyl/N-ethyl adjacent to an activating group) is 1. The second-order valence-corrected chi connectivity index (χ2v) is 13.0. The summed E-state index contributed by atoms with van der Waals surface area (Å²) in [6.45, 7) is 2.56. The van der Waals surface area contributed by atoms with Crippen molar-refractivity contribution in [3.63, 3.8) is 0 Å². The van der Waals surface area contributed by atoms with Gasteiger partial charge in [0.05, 0.1) is 27.2 Å². The van der Waals surface area contributed by atoms with E-state index >= 15 is 4.39 Å². The number of thiophene rings is 1. The molecule has 2 aromatic heterocycles. The number of nitrogens with two attached hydrogens (primary N) is 1. The summed E-state index contributed by atoms with van der Waals surface area (Å²) < 4.78 is 44.8. The SMILES string of the molecule is CN1CCC[C@H]1C1CCCCCCN2CCOc3c(Cl)c(-c4ccc(F)c5sc(N)c(C#N)c45)c(F)c4nc(nc2c34)O1. The molecule has 1 saturated heterocycles. The fourth-order valence-electron chi connectivity index (χ4n) is 6.85. The average Bonchev–Trinajstić information content (AvgIpc) is 3.51. The van der Waals surface area contributed by atoms with Crippen LogP contribution < -0.4 is 20.1 Å². The van der Waals surface area contributed by atoms with Crippen molar-refractivity contribution in [1.29, 1.82) is 5.26 Å². The topological polar surface area (TPSA) is 101 Å². The van der Waals surface area contributed by atoms with Crippen LogP contribution in [0.15, 0.2) is 12.1 Å². The molecule has 0 saturated carbocycles. The van der Waals surface area contributed by atoms with Crippen LogP contribution in [-0.4, -0.2) is 60.3 Å². The van der Waals surface area contributed by atoms with E-state index in [2.05, 4.69) is 27.9 Å². The molecule has 12 heteroatoms. The van der Waals surface area contributed by atoms with E-state index in [0.717, 1.165) is 69.4 Å². The van der Waals surface area contributed by atoms with Gasteiger partial charge in [-0.05, 0) is 57.3 Å². The highest BCUT2D eigenvalue weighted by atomic mass is 35.5. The van der Waals surface area contributed by atoms with Crippen molar-refractivity contribution in [2.24, 2.45) is 0 Å². The highest BCUT2D eigenvalue weighted by molar-refractivity contribution is 7.23. The number of nitriles is 1. The zero-order valence-corrected chi connectivity index (χ0v) is 25.3. The molecule has 4 aromatic rings. The molecule has 0 amide bonds. The molecular formula is C31H31ClF2N6O2S. The van der Waals surface area contributed by atoms with Crippen LogP contribution in [0.2, 0.25) is 5.02 Å². The van der Waals surface area contributed by atoms with Crippen molar-refractivity contribution in [3.8, 4) is 29.0 Å². The van der Waals surface area contributed by atoms with Gasteiger partial charge in [0.2, 0.25) is 0 Å². The van der Waals surface area contributed by atoms with Gasteiger partial charge in [0.15, 0.2) is 11.6 Å². The minimum absolute atomic E-state index is 0.0103. The van der Waals surface area contributed by atoms with Gasteiger partial charge in [0.1, 0.15) is 40.9 Å². The summed E-state index contributed by atoms with van der Waals surface area (Å²) in [7, 11) is 2.11. The second-order valence-electron chi connectivity index (χ2n) is 11.5. The molecule has 2 atom stereocenters. The van der Waals surface area contributed by atoms with Crippen LogP contribution in [0, 0.1) is 23.0 Å². The Bertz CT molecular complexity index is 1790. The van der Waals surface area contributed by atoms with Crippen LogP contribution in [0.1, 0.15) is 50.5 Å². The third-order valence-electron chi connectivity index (χ3n) is 8.98. The second kappa shape index (κ2) is 11.2. The quantitative estimate of drug-likeness (QED) is 0.257.